The fourth-order valence-electron chi connectivity index (χ4n) is 4.64. The number of hydrogen-bond acceptors (Lipinski definition) is 8. The normalized spacial score (nSPS) is 35.3. The summed E-state index contributed by atoms with van der Waals surface area (Å²) in [6, 6.07) is -1.31. The van der Waals surface area contributed by atoms with E-state index in [9.17, 15) is 14.4 Å². The molecule has 0 aromatic heterocycles. The number of esters is 1. The first-order valence-electron chi connectivity index (χ1n) is 10.7. The Morgan fingerprint density at radius 2 is 1.87 bits per heavy atom. The van der Waals surface area contributed by atoms with Gasteiger partial charge in [-0.1, -0.05) is 13.0 Å². The van der Waals surface area contributed by atoms with E-state index in [1.165, 1.54) is 25.0 Å². The molecule has 3 aliphatic heterocycles. The van der Waals surface area contributed by atoms with Gasteiger partial charge in [-0.15, -0.1) is 0 Å². The van der Waals surface area contributed by atoms with Gasteiger partial charge in [0.2, 0.25) is 5.91 Å². The molecule has 0 bridgehead atoms. The predicted octanol–water partition coefficient (Wildman–Crippen LogP) is 1.58. The maximum absolute atomic E-state index is 13.0. The van der Waals surface area contributed by atoms with Crippen LogP contribution in [-0.4, -0.2) is 78.2 Å². The Kier molecular flexibility index (Phi) is 6.63. The van der Waals surface area contributed by atoms with E-state index < -0.39 is 47.9 Å². The highest BCUT2D eigenvalue weighted by Crippen LogP contribution is 2.41. The van der Waals surface area contributed by atoms with Crippen LogP contribution >= 0.6 is 0 Å². The highest BCUT2D eigenvalue weighted by atomic mass is 16.8. The van der Waals surface area contributed by atoms with Crippen molar-refractivity contribution in [3.8, 4) is 0 Å². The van der Waals surface area contributed by atoms with E-state index in [-0.39, 0.29) is 17.6 Å². The lowest BCUT2D eigenvalue weighted by atomic mass is 9.80. The van der Waals surface area contributed by atoms with E-state index in [1.807, 2.05) is 20.8 Å². The minimum atomic E-state index is -0.952. The van der Waals surface area contributed by atoms with Crippen molar-refractivity contribution in [1.82, 2.24) is 4.90 Å². The minimum Gasteiger partial charge on any atom is -0.466 e. The summed E-state index contributed by atoms with van der Waals surface area (Å²) < 4.78 is 28.8. The number of likely N-dealkylation sites (tertiary alicyclic amines) is 1. The zero-order valence-corrected chi connectivity index (χ0v) is 19.2. The molecule has 0 aliphatic carbocycles. The maximum Gasteiger partial charge on any atom is 0.330 e. The molecule has 0 radical (unpaired) electrons. The monoisotopic (exact) mass is 439 g/mol. The number of methoxy groups -OCH3 is 1. The zero-order valence-electron chi connectivity index (χ0n) is 19.2. The number of Topliss-reactive ketones (excluding diaryl/α,β-unsaturated/α-hetero) is 1. The molecule has 3 rings (SSSR count). The van der Waals surface area contributed by atoms with Gasteiger partial charge in [0, 0.05) is 6.08 Å². The van der Waals surface area contributed by atoms with Crippen LogP contribution in [0.4, 0.5) is 0 Å². The van der Waals surface area contributed by atoms with Crippen LogP contribution in [-0.2, 0) is 38.1 Å². The Bertz CT molecular complexity index is 761. The van der Waals surface area contributed by atoms with Crippen LogP contribution in [0.1, 0.15) is 48.0 Å². The van der Waals surface area contributed by atoms with E-state index in [2.05, 4.69) is 0 Å². The molecular weight excluding hydrogens is 406 g/mol. The van der Waals surface area contributed by atoms with Gasteiger partial charge in [-0.25, -0.2) is 4.79 Å². The van der Waals surface area contributed by atoms with Crippen LogP contribution in [0.15, 0.2) is 12.2 Å². The molecule has 0 aromatic carbocycles. The summed E-state index contributed by atoms with van der Waals surface area (Å²) in [6.45, 7) is 10.8. The summed E-state index contributed by atoms with van der Waals surface area (Å²) in [5.74, 6) is -2.94. The lowest BCUT2D eigenvalue weighted by Gasteiger charge is -2.50. The van der Waals surface area contributed by atoms with Crippen molar-refractivity contribution in [2.24, 2.45) is 5.92 Å². The number of carbonyl (C=O) groups excluding carboxylic acids is 3. The summed E-state index contributed by atoms with van der Waals surface area (Å²) in [5.41, 5.74) is 0. The third-order valence-electron chi connectivity index (χ3n) is 5.96. The Hall–Kier alpha value is -1.81. The van der Waals surface area contributed by atoms with Crippen LogP contribution in [0.5, 0.6) is 0 Å². The van der Waals surface area contributed by atoms with E-state index in [4.69, 9.17) is 23.7 Å². The average molecular weight is 440 g/mol. The summed E-state index contributed by atoms with van der Waals surface area (Å²) in [7, 11) is 1.27. The van der Waals surface area contributed by atoms with Gasteiger partial charge < -0.3 is 28.6 Å². The van der Waals surface area contributed by atoms with Crippen LogP contribution in [0, 0.1) is 5.92 Å². The average Bonchev–Trinajstić information content (AvgIpc) is 3.20. The summed E-state index contributed by atoms with van der Waals surface area (Å²) in [4.78, 5) is 38.7. The third-order valence-corrected chi connectivity index (χ3v) is 5.96. The SMILES string of the molecule is CC[C@@H]1C(=O)N([C@@H](/C=C/C(=O)OC)[C@H]2OC(C)(C)O[C@@H]2[C@H]2COC(C)(C)O2)[C@@H]1C(C)=O. The van der Waals surface area contributed by atoms with E-state index >= 15 is 0 Å². The number of ether oxygens (including phenoxy) is 5. The van der Waals surface area contributed by atoms with Gasteiger partial charge >= 0.3 is 5.97 Å². The first kappa shape index (κ1) is 23.8. The Labute approximate surface area is 183 Å². The number of ketones is 1. The largest absolute Gasteiger partial charge is 0.466 e. The van der Waals surface area contributed by atoms with Crippen molar-refractivity contribution < 1.29 is 38.1 Å². The lowest BCUT2D eigenvalue weighted by molar-refractivity contribution is -0.177. The molecule has 3 fully saturated rings. The molecule has 3 aliphatic rings. The molecule has 3 heterocycles. The number of β-lactam (4-membered cyclic amide) rings is 1. The Balaban J connectivity index is 1.97. The number of nitrogens with zero attached hydrogens (tertiary/aromatic N) is 1. The molecule has 31 heavy (non-hydrogen) atoms. The van der Waals surface area contributed by atoms with E-state index in [1.54, 1.807) is 19.9 Å². The first-order chi connectivity index (χ1) is 14.4. The van der Waals surface area contributed by atoms with Gasteiger partial charge in [-0.3, -0.25) is 9.59 Å². The summed E-state index contributed by atoms with van der Waals surface area (Å²) >= 11 is 0. The van der Waals surface area contributed by atoms with Crippen LogP contribution in [0.25, 0.3) is 0 Å². The van der Waals surface area contributed by atoms with Crippen molar-refractivity contribution >= 4 is 17.7 Å². The highest BCUT2D eigenvalue weighted by molar-refractivity contribution is 5.99. The van der Waals surface area contributed by atoms with Gasteiger partial charge in [0.15, 0.2) is 17.4 Å². The molecule has 6 atom stereocenters. The fourth-order valence-corrected chi connectivity index (χ4v) is 4.64. The molecular formula is C22H33NO8. The first-order valence-corrected chi connectivity index (χ1v) is 10.7. The molecule has 3 saturated heterocycles. The smallest absolute Gasteiger partial charge is 0.330 e. The van der Waals surface area contributed by atoms with Crippen molar-refractivity contribution in [2.75, 3.05) is 13.7 Å². The Morgan fingerprint density at radius 3 is 2.39 bits per heavy atom. The van der Waals surface area contributed by atoms with Gasteiger partial charge in [-0.2, -0.15) is 0 Å². The predicted molar refractivity (Wildman–Crippen MR) is 109 cm³/mol. The molecule has 9 heteroatoms. The second-order valence-electron chi connectivity index (χ2n) is 9.12. The molecule has 174 valence electrons. The zero-order chi connectivity index (χ0) is 23.1. The van der Waals surface area contributed by atoms with Crippen molar-refractivity contribution in [1.29, 1.82) is 0 Å². The Morgan fingerprint density at radius 1 is 1.19 bits per heavy atom. The second-order valence-corrected chi connectivity index (χ2v) is 9.12. The van der Waals surface area contributed by atoms with Crippen molar-refractivity contribution in [2.45, 2.75) is 89.9 Å². The van der Waals surface area contributed by atoms with Crippen LogP contribution in [0.2, 0.25) is 0 Å². The molecule has 0 aromatic rings. The molecule has 9 nitrogen and oxygen atoms in total. The number of carbonyl (C=O) groups is 3. The number of hydrogen-bond donors (Lipinski definition) is 0. The lowest BCUT2D eigenvalue weighted by Crippen LogP contribution is -2.69. The fraction of sp³-hybridized carbons (Fsp3) is 0.773. The molecule has 0 saturated carbocycles. The number of amides is 1. The van der Waals surface area contributed by atoms with Gasteiger partial charge in [0.05, 0.1) is 25.7 Å². The van der Waals surface area contributed by atoms with Gasteiger partial charge in [-0.05, 0) is 41.0 Å². The highest BCUT2D eigenvalue weighted by Gasteiger charge is 2.58. The van der Waals surface area contributed by atoms with Gasteiger partial charge in [0.1, 0.15) is 24.4 Å². The summed E-state index contributed by atoms with van der Waals surface area (Å²) in [5, 5.41) is 0. The van der Waals surface area contributed by atoms with Gasteiger partial charge in [0.25, 0.3) is 0 Å². The van der Waals surface area contributed by atoms with Crippen LogP contribution < -0.4 is 0 Å². The molecule has 0 spiro atoms. The third kappa shape index (κ3) is 4.69. The quantitative estimate of drug-likeness (QED) is 0.335. The maximum atomic E-state index is 13.0. The molecule has 1 amide bonds. The number of rotatable bonds is 7. The van der Waals surface area contributed by atoms with E-state index in [0.717, 1.165) is 0 Å². The standard InChI is InChI=1S/C22H33NO8/c1-8-13-17(12(2)24)23(20(13)26)14(9-10-16(25)27-7)18-19(31-22(5,6)30-18)15-11-28-21(3,4)29-15/h9-10,13-15,17-19H,8,11H2,1-7H3/b10-9+/t13-,14-,15+,17+,18+,19+/m0/s1. The van der Waals surface area contributed by atoms with Crippen molar-refractivity contribution in [3.05, 3.63) is 12.2 Å². The molecule has 0 unspecified atom stereocenters. The van der Waals surface area contributed by atoms with Crippen molar-refractivity contribution in [3.63, 3.8) is 0 Å². The van der Waals surface area contributed by atoms with Crippen LogP contribution in [0.3, 0.4) is 0 Å². The minimum absolute atomic E-state index is 0.112. The second kappa shape index (κ2) is 8.61. The topological polar surface area (TPSA) is 101 Å². The molecule has 0 N–H and O–H groups in total. The van der Waals surface area contributed by atoms with E-state index in [0.29, 0.717) is 13.0 Å². The summed E-state index contributed by atoms with van der Waals surface area (Å²) in [6.07, 6.45) is 1.65.